The van der Waals surface area contributed by atoms with Crippen LogP contribution in [0.1, 0.15) is 15.4 Å². The van der Waals surface area contributed by atoms with Gasteiger partial charge in [0.05, 0.1) is 6.26 Å². The van der Waals surface area contributed by atoms with E-state index in [9.17, 15) is 4.79 Å². The fourth-order valence-corrected chi connectivity index (χ4v) is 4.51. The number of rotatable bonds is 4. The SMILES string of the molecule is Cc1sc(-c2ccco2)nc1C(=O)N1CCN(c2ccnc(-c3ccccc3)n2)CC1. The zero-order valence-electron chi connectivity index (χ0n) is 17.1. The van der Waals surface area contributed by atoms with Gasteiger partial charge in [-0.3, -0.25) is 4.79 Å². The van der Waals surface area contributed by atoms with E-state index in [0.29, 0.717) is 43.5 Å². The summed E-state index contributed by atoms with van der Waals surface area (Å²) >= 11 is 1.48. The molecule has 4 aromatic rings. The van der Waals surface area contributed by atoms with Gasteiger partial charge in [0.1, 0.15) is 11.5 Å². The van der Waals surface area contributed by atoms with Crippen LogP contribution in [0.4, 0.5) is 5.82 Å². The van der Waals surface area contributed by atoms with Crippen LogP contribution in [0, 0.1) is 6.92 Å². The highest BCUT2D eigenvalue weighted by molar-refractivity contribution is 7.15. The number of benzene rings is 1. The summed E-state index contributed by atoms with van der Waals surface area (Å²) < 4.78 is 5.42. The molecular formula is C23H21N5O2S. The van der Waals surface area contributed by atoms with E-state index in [1.807, 2.05) is 60.4 Å². The van der Waals surface area contributed by atoms with Crippen LogP contribution < -0.4 is 4.90 Å². The highest BCUT2D eigenvalue weighted by Crippen LogP contribution is 2.29. The topological polar surface area (TPSA) is 75.4 Å². The first-order valence-corrected chi connectivity index (χ1v) is 10.9. The number of furan rings is 1. The molecule has 5 rings (SSSR count). The third kappa shape index (κ3) is 3.94. The molecule has 0 N–H and O–H groups in total. The minimum absolute atomic E-state index is 0.0288. The van der Waals surface area contributed by atoms with Gasteiger partial charge in [-0.05, 0) is 25.1 Å². The largest absolute Gasteiger partial charge is 0.462 e. The molecule has 3 aromatic heterocycles. The molecule has 4 heterocycles. The Morgan fingerprint density at radius 1 is 1.00 bits per heavy atom. The van der Waals surface area contributed by atoms with Gasteiger partial charge in [0.2, 0.25) is 0 Å². The number of hydrogen-bond acceptors (Lipinski definition) is 7. The molecule has 0 bridgehead atoms. The van der Waals surface area contributed by atoms with Gasteiger partial charge >= 0.3 is 0 Å². The summed E-state index contributed by atoms with van der Waals surface area (Å²) in [5.74, 6) is 2.25. The van der Waals surface area contributed by atoms with Gasteiger partial charge in [-0.2, -0.15) is 0 Å². The smallest absolute Gasteiger partial charge is 0.273 e. The molecule has 0 saturated carbocycles. The average Bonchev–Trinajstić information content (AvgIpc) is 3.49. The lowest BCUT2D eigenvalue weighted by atomic mass is 10.2. The second-order valence-electron chi connectivity index (χ2n) is 7.28. The zero-order valence-corrected chi connectivity index (χ0v) is 17.9. The first-order valence-electron chi connectivity index (χ1n) is 10.1. The number of amides is 1. The fourth-order valence-electron chi connectivity index (χ4n) is 3.64. The lowest BCUT2D eigenvalue weighted by Crippen LogP contribution is -2.49. The molecule has 0 aliphatic carbocycles. The number of aromatic nitrogens is 3. The molecular weight excluding hydrogens is 410 g/mol. The van der Waals surface area contributed by atoms with Gasteiger partial charge in [0.15, 0.2) is 16.6 Å². The standard InChI is InChI=1S/C23H21N5O2S/c1-16-20(26-22(31-16)18-8-5-15-30-18)23(29)28-13-11-27(12-14-28)19-9-10-24-21(25-19)17-6-3-2-4-7-17/h2-10,15H,11-14H2,1H3. The molecule has 0 radical (unpaired) electrons. The number of carbonyl (C=O) groups is 1. The van der Waals surface area contributed by atoms with Crippen LogP contribution in [-0.2, 0) is 0 Å². The number of hydrogen-bond donors (Lipinski definition) is 0. The van der Waals surface area contributed by atoms with Gasteiger partial charge in [0, 0.05) is 42.8 Å². The molecule has 0 spiro atoms. The van der Waals surface area contributed by atoms with Crippen LogP contribution in [0.15, 0.2) is 65.4 Å². The van der Waals surface area contributed by atoms with E-state index in [1.165, 1.54) is 11.3 Å². The molecule has 0 unspecified atom stereocenters. The summed E-state index contributed by atoms with van der Waals surface area (Å²) in [7, 11) is 0. The quantitative estimate of drug-likeness (QED) is 0.484. The van der Waals surface area contributed by atoms with Crippen LogP contribution in [0.2, 0.25) is 0 Å². The maximum atomic E-state index is 13.1. The minimum Gasteiger partial charge on any atom is -0.462 e. The second-order valence-corrected chi connectivity index (χ2v) is 8.49. The molecule has 1 amide bonds. The van der Waals surface area contributed by atoms with Crippen LogP contribution in [0.25, 0.3) is 22.2 Å². The molecule has 0 atom stereocenters. The van der Waals surface area contributed by atoms with Crippen molar-refractivity contribution >= 4 is 23.1 Å². The van der Waals surface area contributed by atoms with Crippen LogP contribution in [-0.4, -0.2) is 51.9 Å². The van der Waals surface area contributed by atoms with Gasteiger partial charge < -0.3 is 14.2 Å². The predicted molar refractivity (Wildman–Crippen MR) is 120 cm³/mol. The highest BCUT2D eigenvalue weighted by Gasteiger charge is 2.27. The lowest BCUT2D eigenvalue weighted by Gasteiger charge is -2.35. The molecule has 1 saturated heterocycles. The fraction of sp³-hybridized carbons (Fsp3) is 0.217. The third-order valence-electron chi connectivity index (χ3n) is 5.29. The Labute approximate surface area is 184 Å². The number of carbonyl (C=O) groups excluding carboxylic acids is 1. The number of aryl methyl sites for hydroxylation is 1. The Morgan fingerprint density at radius 3 is 2.55 bits per heavy atom. The number of anilines is 1. The van der Waals surface area contributed by atoms with Crippen molar-refractivity contribution in [1.82, 2.24) is 19.9 Å². The van der Waals surface area contributed by atoms with Gasteiger partial charge in [-0.1, -0.05) is 30.3 Å². The predicted octanol–water partition coefficient (Wildman–Crippen LogP) is 4.13. The van der Waals surface area contributed by atoms with Crippen LogP contribution in [0.3, 0.4) is 0 Å². The van der Waals surface area contributed by atoms with E-state index in [2.05, 4.69) is 14.9 Å². The van der Waals surface area contributed by atoms with E-state index in [-0.39, 0.29) is 5.91 Å². The minimum atomic E-state index is -0.0288. The normalized spacial score (nSPS) is 14.1. The Bertz CT molecular complexity index is 1180. The summed E-state index contributed by atoms with van der Waals surface area (Å²) in [6, 6.07) is 15.5. The van der Waals surface area contributed by atoms with Crippen LogP contribution >= 0.6 is 11.3 Å². The number of piperazine rings is 1. The van der Waals surface area contributed by atoms with Crippen molar-refractivity contribution in [2.24, 2.45) is 0 Å². The lowest BCUT2D eigenvalue weighted by molar-refractivity contribution is 0.0741. The summed E-state index contributed by atoms with van der Waals surface area (Å²) in [5, 5.41) is 0.735. The van der Waals surface area contributed by atoms with Crippen molar-refractivity contribution in [2.45, 2.75) is 6.92 Å². The monoisotopic (exact) mass is 431 g/mol. The maximum absolute atomic E-state index is 13.1. The van der Waals surface area contributed by atoms with Crippen molar-refractivity contribution in [3.05, 3.63) is 71.6 Å². The van der Waals surface area contributed by atoms with E-state index < -0.39 is 0 Å². The Morgan fingerprint density at radius 2 is 1.81 bits per heavy atom. The van der Waals surface area contributed by atoms with Crippen molar-refractivity contribution in [2.75, 3.05) is 31.1 Å². The third-order valence-corrected chi connectivity index (χ3v) is 6.28. The Kier molecular flexibility index (Phi) is 5.21. The molecule has 31 heavy (non-hydrogen) atoms. The van der Waals surface area contributed by atoms with Crippen molar-refractivity contribution in [3.8, 4) is 22.2 Å². The molecule has 7 nitrogen and oxygen atoms in total. The number of nitrogens with zero attached hydrogens (tertiary/aromatic N) is 5. The Balaban J connectivity index is 1.27. The molecule has 1 aromatic carbocycles. The molecule has 1 aliphatic rings. The van der Waals surface area contributed by atoms with E-state index in [4.69, 9.17) is 9.40 Å². The summed E-state index contributed by atoms with van der Waals surface area (Å²) in [5.41, 5.74) is 1.50. The maximum Gasteiger partial charge on any atom is 0.273 e. The van der Waals surface area contributed by atoms with Gasteiger partial charge in [-0.25, -0.2) is 15.0 Å². The van der Waals surface area contributed by atoms with Crippen molar-refractivity contribution in [1.29, 1.82) is 0 Å². The molecule has 156 valence electrons. The Hall–Kier alpha value is -3.52. The molecule has 8 heteroatoms. The highest BCUT2D eigenvalue weighted by atomic mass is 32.1. The van der Waals surface area contributed by atoms with E-state index in [1.54, 1.807) is 12.5 Å². The first kappa shape index (κ1) is 19.4. The molecule has 1 fully saturated rings. The summed E-state index contributed by atoms with van der Waals surface area (Å²) in [6.45, 7) is 4.60. The second kappa shape index (κ2) is 8.31. The zero-order chi connectivity index (χ0) is 21.2. The average molecular weight is 432 g/mol. The number of thiazole rings is 1. The van der Waals surface area contributed by atoms with E-state index >= 15 is 0 Å². The first-order chi connectivity index (χ1) is 15.2. The van der Waals surface area contributed by atoms with Gasteiger partial charge in [-0.15, -0.1) is 11.3 Å². The molecule has 1 aliphatic heterocycles. The summed E-state index contributed by atoms with van der Waals surface area (Å²) in [6.07, 6.45) is 3.40. The van der Waals surface area contributed by atoms with Crippen molar-refractivity contribution < 1.29 is 9.21 Å². The van der Waals surface area contributed by atoms with Crippen LogP contribution in [0.5, 0.6) is 0 Å². The van der Waals surface area contributed by atoms with Gasteiger partial charge in [0.25, 0.3) is 5.91 Å². The van der Waals surface area contributed by atoms with E-state index in [0.717, 1.165) is 21.3 Å². The van der Waals surface area contributed by atoms with Crippen molar-refractivity contribution in [3.63, 3.8) is 0 Å². The summed E-state index contributed by atoms with van der Waals surface area (Å²) in [4.78, 5) is 31.7.